The lowest BCUT2D eigenvalue weighted by atomic mass is 10.2. The van der Waals surface area contributed by atoms with Crippen LogP contribution in [0.4, 0.5) is 0 Å². The number of sulfonamides is 1. The van der Waals surface area contributed by atoms with Crippen molar-refractivity contribution >= 4 is 22.4 Å². The molecule has 1 saturated heterocycles. The Kier molecular flexibility index (Phi) is 6.46. The van der Waals surface area contributed by atoms with Crippen LogP contribution in [0.15, 0.2) is 29.2 Å². The molecular weight excluding hydrogens is 312 g/mol. The molecule has 1 atom stereocenters. The zero-order chi connectivity index (χ0) is 14.8. The van der Waals surface area contributed by atoms with E-state index in [1.165, 1.54) is 4.31 Å². The Labute approximate surface area is 132 Å². The van der Waals surface area contributed by atoms with E-state index in [-0.39, 0.29) is 24.6 Å². The molecule has 2 rings (SSSR count). The number of nitrogens with zero attached hydrogens (tertiary/aromatic N) is 1. The zero-order valence-corrected chi connectivity index (χ0v) is 14.0. The predicted octanol–water partition coefficient (Wildman–Crippen LogP) is 2.01. The van der Waals surface area contributed by atoms with E-state index in [9.17, 15) is 8.42 Å². The molecule has 1 aromatic rings. The Morgan fingerprint density at radius 1 is 1.33 bits per heavy atom. The molecule has 1 aliphatic rings. The zero-order valence-electron chi connectivity index (χ0n) is 12.4. The van der Waals surface area contributed by atoms with Crippen LogP contribution in [0, 0.1) is 0 Å². The fraction of sp³-hybridized carbons (Fsp3) is 0.571. The van der Waals surface area contributed by atoms with Crippen molar-refractivity contribution in [3.05, 3.63) is 24.3 Å². The van der Waals surface area contributed by atoms with Crippen LogP contribution in [0.1, 0.15) is 26.7 Å². The van der Waals surface area contributed by atoms with E-state index in [4.69, 9.17) is 10.5 Å². The fourth-order valence-electron chi connectivity index (χ4n) is 2.46. The van der Waals surface area contributed by atoms with E-state index < -0.39 is 10.0 Å². The molecule has 5 nitrogen and oxygen atoms in total. The normalized spacial score (nSPS) is 19.5. The smallest absolute Gasteiger partial charge is 0.243 e. The Hall–Kier alpha value is -0.820. The van der Waals surface area contributed by atoms with Crippen molar-refractivity contribution in [1.29, 1.82) is 0 Å². The van der Waals surface area contributed by atoms with Gasteiger partial charge in [-0.3, -0.25) is 0 Å². The maximum absolute atomic E-state index is 12.6. The van der Waals surface area contributed by atoms with Crippen molar-refractivity contribution in [2.45, 2.75) is 43.7 Å². The third kappa shape index (κ3) is 4.10. The monoisotopic (exact) mass is 334 g/mol. The average molecular weight is 335 g/mol. The van der Waals surface area contributed by atoms with Crippen molar-refractivity contribution in [2.24, 2.45) is 5.73 Å². The largest absolute Gasteiger partial charge is 0.491 e. The molecular formula is C14H23ClN2O3S. The van der Waals surface area contributed by atoms with Gasteiger partial charge in [0.05, 0.1) is 11.0 Å². The Morgan fingerprint density at radius 2 is 1.95 bits per heavy atom. The van der Waals surface area contributed by atoms with E-state index in [0.29, 0.717) is 23.7 Å². The minimum atomic E-state index is -3.45. The van der Waals surface area contributed by atoms with Crippen LogP contribution in [0.25, 0.3) is 0 Å². The van der Waals surface area contributed by atoms with Crippen molar-refractivity contribution in [3.63, 3.8) is 0 Å². The van der Waals surface area contributed by atoms with Gasteiger partial charge in [-0.05, 0) is 51.0 Å². The van der Waals surface area contributed by atoms with Gasteiger partial charge < -0.3 is 10.5 Å². The first kappa shape index (κ1) is 18.2. The van der Waals surface area contributed by atoms with Crippen molar-refractivity contribution < 1.29 is 13.2 Å². The molecule has 0 amide bonds. The molecule has 1 aromatic carbocycles. The van der Waals surface area contributed by atoms with Gasteiger partial charge in [-0.1, -0.05) is 0 Å². The lowest BCUT2D eigenvalue weighted by Crippen LogP contribution is -2.39. The molecule has 0 aromatic heterocycles. The Bertz CT molecular complexity index is 546. The van der Waals surface area contributed by atoms with Crippen LogP contribution in [-0.4, -0.2) is 38.0 Å². The summed E-state index contributed by atoms with van der Waals surface area (Å²) in [5.41, 5.74) is 5.65. The minimum absolute atomic E-state index is 0. The van der Waals surface area contributed by atoms with Gasteiger partial charge in [-0.25, -0.2) is 8.42 Å². The molecule has 0 bridgehead atoms. The molecule has 0 spiro atoms. The number of rotatable bonds is 5. The molecule has 1 fully saturated rings. The van der Waals surface area contributed by atoms with Gasteiger partial charge in [0.15, 0.2) is 0 Å². The molecule has 2 N–H and O–H groups in total. The molecule has 0 saturated carbocycles. The Balaban J connectivity index is 0.00000220. The lowest BCUT2D eigenvalue weighted by molar-refractivity contribution is 0.242. The van der Waals surface area contributed by atoms with Gasteiger partial charge in [-0.15, -0.1) is 12.4 Å². The summed E-state index contributed by atoms with van der Waals surface area (Å²) in [6, 6.07) is 6.50. The van der Waals surface area contributed by atoms with Gasteiger partial charge >= 0.3 is 0 Å². The van der Waals surface area contributed by atoms with Crippen LogP contribution >= 0.6 is 12.4 Å². The summed E-state index contributed by atoms with van der Waals surface area (Å²) in [6.45, 7) is 4.78. The quantitative estimate of drug-likeness (QED) is 0.894. The summed E-state index contributed by atoms with van der Waals surface area (Å²) in [5, 5.41) is 0. The maximum Gasteiger partial charge on any atom is 0.243 e. The molecule has 1 heterocycles. The molecule has 1 aliphatic heterocycles. The number of hydrogen-bond donors (Lipinski definition) is 1. The predicted molar refractivity (Wildman–Crippen MR) is 85.4 cm³/mol. The fourth-order valence-corrected chi connectivity index (χ4v) is 4.16. The van der Waals surface area contributed by atoms with Crippen molar-refractivity contribution in [3.8, 4) is 5.75 Å². The SMILES string of the molecule is CC(C)Oc1ccc(S(=O)(=O)N2CCCC2CN)cc1.Cl. The summed E-state index contributed by atoms with van der Waals surface area (Å²) in [6.07, 6.45) is 1.78. The highest BCUT2D eigenvalue weighted by atomic mass is 35.5. The van der Waals surface area contributed by atoms with Gasteiger partial charge in [0, 0.05) is 19.1 Å². The maximum atomic E-state index is 12.6. The first-order valence-corrected chi connectivity index (χ1v) is 8.38. The van der Waals surface area contributed by atoms with Crippen LogP contribution in [-0.2, 0) is 10.0 Å². The van der Waals surface area contributed by atoms with E-state index in [0.717, 1.165) is 12.8 Å². The van der Waals surface area contributed by atoms with E-state index >= 15 is 0 Å². The summed E-state index contributed by atoms with van der Waals surface area (Å²) >= 11 is 0. The average Bonchev–Trinajstić information content (AvgIpc) is 2.87. The number of nitrogens with two attached hydrogens (primary N) is 1. The topological polar surface area (TPSA) is 72.6 Å². The number of halogens is 1. The number of hydrogen-bond acceptors (Lipinski definition) is 4. The second kappa shape index (κ2) is 7.45. The summed E-state index contributed by atoms with van der Waals surface area (Å²) in [5.74, 6) is 0.677. The Morgan fingerprint density at radius 3 is 2.48 bits per heavy atom. The van der Waals surface area contributed by atoms with Crippen molar-refractivity contribution in [1.82, 2.24) is 4.31 Å². The van der Waals surface area contributed by atoms with Crippen LogP contribution in [0.3, 0.4) is 0 Å². The summed E-state index contributed by atoms with van der Waals surface area (Å²) in [4.78, 5) is 0.300. The molecule has 120 valence electrons. The lowest BCUT2D eigenvalue weighted by Gasteiger charge is -2.23. The molecule has 1 unspecified atom stereocenters. The minimum Gasteiger partial charge on any atom is -0.491 e. The molecule has 0 radical (unpaired) electrons. The van der Waals surface area contributed by atoms with Gasteiger partial charge in [0.25, 0.3) is 0 Å². The summed E-state index contributed by atoms with van der Waals surface area (Å²) in [7, 11) is -3.45. The van der Waals surface area contributed by atoms with Gasteiger partial charge in [0.1, 0.15) is 5.75 Å². The van der Waals surface area contributed by atoms with Gasteiger partial charge in [0.2, 0.25) is 10.0 Å². The number of ether oxygens (including phenoxy) is 1. The van der Waals surface area contributed by atoms with E-state index in [2.05, 4.69) is 0 Å². The van der Waals surface area contributed by atoms with Crippen molar-refractivity contribution in [2.75, 3.05) is 13.1 Å². The highest BCUT2D eigenvalue weighted by Crippen LogP contribution is 2.26. The summed E-state index contributed by atoms with van der Waals surface area (Å²) < 4.78 is 32.2. The molecule has 0 aliphatic carbocycles. The first-order chi connectivity index (χ1) is 9.45. The van der Waals surface area contributed by atoms with Crippen LogP contribution in [0.2, 0.25) is 0 Å². The van der Waals surface area contributed by atoms with Crippen LogP contribution in [0.5, 0.6) is 5.75 Å². The standard InChI is InChI=1S/C14H22N2O3S.ClH/c1-11(2)19-13-5-7-14(8-6-13)20(17,18)16-9-3-4-12(16)10-15;/h5-8,11-12H,3-4,9-10,15H2,1-2H3;1H. The first-order valence-electron chi connectivity index (χ1n) is 6.94. The highest BCUT2D eigenvalue weighted by Gasteiger charge is 2.34. The van der Waals surface area contributed by atoms with Gasteiger partial charge in [-0.2, -0.15) is 4.31 Å². The highest BCUT2D eigenvalue weighted by molar-refractivity contribution is 7.89. The van der Waals surface area contributed by atoms with E-state index in [1.807, 2.05) is 13.8 Å². The van der Waals surface area contributed by atoms with E-state index in [1.54, 1.807) is 24.3 Å². The third-order valence-electron chi connectivity index (χ3n) is 3.40. The van der Waals surface area contributed by atoms with Crippen LogP contribution < -0.4 is 10.5 Å². The molecule has 7 heteroatoms. The second-order valence-corrected chi connectivity index (χ2v) is 7.18. The third-order valence-corrected chi connectivity index (χ3v) is 5.36. The molecule has 21 heavy (non-hydrogen) atoms. The number of benzene rings is 1. The second-order valence-electron chi connectivity index (χ2n) is 5.29.